The fourth-order valence-corrected chi connectivity index (χ4v) is 5.85. The monoisotopic (exact) mass is 609 g/mol. The fourth-order valence-electron chi connectivity index (χ4n) is 5.62. The average Bonchev–Trinajstić information content (AvgIpc) is 3.37. The highest BCUT2D eigenvalue weighted by molar-refractivity contribution is 6.33. The Morgan fingerprint density at radius 1 is 1.12 bits per heavy atom. The Morgan fingerprint density at radius 2 is 1.86 bits per heavy atom. The summed E-state index contributed by atoms with van der Waals surface area (Å²) in [4.78, 5) is 39.0. The molecule has 43 heavy (non-hydrogen) atoms. The summed E-state index contributed by atoms with van der Waals surface area (Å²) >= 11 is 6.05. The van der Waals surface area contributed by atoms with Crippen molar-refractivity contribution >= 4 is 40.7 Å². The minimum Gasteiger partial charge on any atom is -0.369 e. The number of rotatable bonds is 5. The van der Waals surface area contributed by atoms with Gasteiger partial charge in [0, 0.05) is 31.4 Å². The third kappa shape index (κ3) is 5.71. The Labute approximate surface area is 250 Å². The predicted molar refractivity (Wildman–Crippen MR) is 153 cm³/mol. The summed E-state index contributed by atoms with van der Waals surface area (Å²) in [6.07, 6.45) is 1.53. The molecule has 222 valence electrons. The molecule has 1 aromatic heterocycles. The zero-order chi connectivity index (χ0) is 30.4. The van der Waals surface area contributed by atoms with E-state index in [1.807, 2.05) is 24.3 Å². The lowest BCUT2D eigenvalue weighted by Gasteiger charge is -2.40. The first-order valence-corrected chi connectivity index (χ1v) is 14.3. The zero-order valence-corrected chi connectivity index (χ0v) is 23.6. The maximum atomic E-state index is 13.3. The molecule has 1 saturated carbocycles. The van der Waals surface area contributed by atoms with Gasteiger partial charge in [-0.2, -0.15) is 18.3 Å². The van der Waals surface area contributed by atoms with Crippen LogP contribution in [0, 0.1) is 17.8 Å². The number of nitrogens with zero attached hydrogens (tertiary/aromatic N) is 3. The summed E-state index contributed by atoms with van der Waals surface area (Å²) in [7, 11) is 0. The average molecular weight is 610 g/mol. The molecule has 1 atom stereocenters. The van der Waals surface area contributed by atoms with Crippen molar-refractivity contribution in [3.05, 3.63) is 76.6 Å². The van der Waals surface area contributed by atoms with Gasteiger partial charge in [0.15, 0.2) is 0 Å². The molecular weight excluding hydrogens is 583 g/mol. The summed E-state index contributed by atoms with van der Waals surface area (Å²) in [5.74, 6) is 5.39. The minimum atomic E-state index is -4.53. The minimum absolute atomic E-state index is 0.110. The van der Waals surface area contributed by atoms with Gasteiger partial charge < -0.3 is 10.2 Å². The topological polar surface area (TPSA) is 96.3 Å². The van der Waals surface area contributed by atoms with Crippen molar-refractivity contribution in [2.75, 3.05) is 23.3 Å². The zero-order valence-electron chi connectivity index (χ0n) is 22.9. The van der Waals surface area contributed by atoms with Gasteiger partial charge in [-0.15, -0.1) is 0 Å². The normalized spacial score (nSPS) is 19.9. The molecule has 0 bridgehead atoms. The number of anilines is 2. The van der Waals surface area contributed by atoms with E-state index in [0.29, 0.717) is 31.2 Å². The predicted octanol–water partition coefficient (Wildman–Crippen LogP) is 5.08. The number of carbonyl (C=O) groups excluding carboxylic acids is 3. The number of carbonyl (C=O) groups is 3. The number of amides is 3. The molecule has 6 rings (SSSR count). The van der Waals surface area contributed by atoms with Crippen LogP contribution in [0.1, 0.15) is 54.7 Å². The molecule has 1 unspecified atom stereocenters. The second kappa shape index (κ2) is 11.1. The molecule has 3 amide bonds. The largest absolute Gasteiger partial charge is 0.416 e. The van der Waals surface area contributed by atoms with Crippen molar-refractivity contribution in [3.63, 3.8) is 0 Å². The van der Waals surface area contributed by atoms with Crippen LogP contribution in [-0.2, 0) is 26.1 Å². The number of halogens is 4. The van der Waals surface area contributed by atoms with Crippen molar-refractivity contribution in [2.45, 2.75) is 49.7 Å². The highest BCUT2D eigenvalue weighted by Gasteiger charge is 2.47. The first-order chi connectivity index (χ1) is 20.5. The smallest absolute Gasteiger partial charge is 0.369 e. The molecular formula is C31H27ClF3N5O3. The molecule has 8 nitrogen and oxygen atoms in total. The van der Waals surface area contributed by atoms with Crippen LogP contribution in [0.25, 0.3) is 0 Å². The molecule has 1 aliphatic carbocycles. The SMILES string of the molecule is O=C1CCC(c2ccc(N3CC(C#Cc4cnn(C5(C(=O)Nc6ccc(C(F)(F)F)cc6Cl)CCC5)c4)C3)cc2)C(=O)N1. The number of alkyl halides is 3. The van der Waals surface area contributed by atoms with Gasteiger partial charge in [0.05, 0.1) is 39.9 Å². The van der Waals surface area contributed by atoms with Crippen molar-refractivity contribution < 1.29 is 27.6 Å². The third-order valence-electron chi connectivity index (χ3n) is 8.37. The summed E-state index contributed by atoms with van der Waals surface area (Å²) in [5.41, 5.74) is 0.855. The lowest BCUT2D eigenvalue weighted by Crippen LogP contribution is -2.51. The standard InChI is InChI=1S/C31H27ClF3N5O3/c32-25-14-22(31(33,34)35)6-10-26(25)37-29(43)30(12-1-13-30)40-18-19(15-36-40)2-3-20-16-39(17-20)23-7-4-21(5-8-23)24-9-11-27(41)38-28(24)42/h4-8,10,14-15,18,20,24H,1,9,11-13,16-17H2,(H,37,43)(H,38,41,42). The van der Waals surface area contributed by atoms with E-state index in [2.05, 4.69) is 32.5 Å². The summed E-state index contributed by atoms with van der Waals surface area (Å²) in [6.45, 7) is 1.50. The molecule has 3 aliphatic rings. The molecule has 0 radical (unpaired) electrons. The van der Waals surface area contributed by atoms with Crippen LogP contribution in [-0.4, -0.2) is 40.6 Å². The first-order valence-electron chi connectivity index (χ1n) is 14.0. The van der Waals surface area contributed by atoms with Gasteiger partial charge in [0.1, 0.15) is 5.54 Å². The molecule has 2 N–H and O–H groups in total. The van der Waals surface area contributed by atoms with Gasteiger partial charge in [0.25, 0.3) is 5.91 Å². The number of aromatic nitrogens is 2. The molecule has 3 fully saturated rings. The van der Waals surface area contributed by atoms with Gasteiger partial charge in [-0.1, -0.05) is 35.6 Å². The van der Waals surface area contributed by atoms with E-state index >= 15 is 0 Å². The van der Waals surface area contributed by atoms with E-state index in [1.165, 1.54) is 0 Å². The Hall–Kier alpha value is -4.30. The molecule has 3 heterocycles. The van der Waals surface area contributed by atoms with Crippen LogP contribution in [0.3, 0.4) is 0 Å². The highest BCUT2D eigenvalue weighted by atomic mass is 35.5. The van der Waals surface area contributed by atoms with Crippen molar-refractivity contribution in [1.29, 1.82) is 0 Å². The fraction of sp³-hybridized carbons (Fsp3) is 0.355. The maximum absolute atomic E-state index is 13.3. The van der Waals surface area contributed by atoms with Gasteiger partial charge in [0.2, 0.25) is 11.8 Å². The van der Waals surface area contributed by atoms with Gasteiger partial charge in [-0.25, -0.2) is 0 Å². The Bertz CT molecular complexity index is 1650. The lowest BCUT2D eigenvalue weighted by atomic mass is 9.76. The van der Waals surface area contributed by atoms with Crippen LogP contribution in [0.5, 0.6) is 0 Å². The number of piperidine rings is 1. The molecule has 0 spiro atoms. The van der Waals surface area contributed by atoms with Gasteiger partial charge >= 0.3 is 6.18 Å². The second-order valence-electron chi connectivity index (χ2n) is 11.2. The van der Waals surface area contributed by atoms with E-state index < -0.39 is 17.3 Å². The number of benzene rings is 2. The third-order valence-corrected chi connectivity index (χ3v) is 8.68. The van der Waals surface area contributed by atoms with E-state index in [-0.39, 0.29) is 40.3 Å². The van der Waals surface area contributed by atoms with Gasteiger partial charge in [-0.05, 0) is 61.6 Å². The Morgan fingerprint density at radius 3 is 2.49 bits per heavy atom. The number of hydrogen-bond acceptors (Lipinski definition) is 5. The molecule has 12 heteroatoms. The summed E-state index contributed by atoms with van der Waals surface area (Å²) < 4.78 is 40.5. The van der Waals surface area contributed by atoms with E-state index in [0.717, 1.165) is 49.0 Å². The van der Waals surface area contributed by atoms with E-state index in [4.69, 9.17) is 11.6 Å². The van der Waals surface area contributed by atoms with E-state index in [1.54, 1.807) is 17.1 Å². The summed E-state index contributed by atoms with van der Waals surface area (Å²) in [5, 5.41) is 9.28. The van der Waals surface area contributed by atoms with Crippen LogP contribution in [0.15, 0.2) is 54.9 Å². The molecule has 2 saturated heterocycles. The van der Waals surface area contributed by atoms with Crippen molar-refractivity contribution in [2.24, 2.45) is 5.92 Å². The van der Waals surface area contributed by atoms with Crippen LogP contribution in [0.2, 0.25) is 5.02 Å². The van der Waals surface area contributed by atoms with Gasteiger partial charge in [-0.3, -0.25) is 24.4 Å². The number of hydrogen-bond donors (Lipinski definition) is 2. The molecule has 3 aromatic rings. The van der Waals surface area contributed by atoms with Crippen LogP contribution in [0.4, 0.5) is 24.5 Å². The Kier molecular flexibility index (Phi) is 7.42. The van der Waals surface area contributed by atoms with Crippen LogP contribution >= 0.6 is 11.6 Å². The van der Waals surface area contributed by atoms with E-state index in [9.17, 15) is 27.6 Å². The quantitative estimate of drug-likeness (QED) is 0.311. The maximum Gasteiger partial charge on any atom is 0.416 e. The van der Waals surface area contributed by atoms with Crippen molar-refractivity contribution in [1.82, 2.24) is 15.1 Å². The number of nitrogens with one attached hydrogen (secondary N) is 2. The molecule has 2 aromatic carbocycles. The molecule has 2 aliphatic heterocycles. The van der Waals surface area contributed by atoms with Crippen molar-refractivity contribution in [3.8, 4) is 11.8 Å². The first kappa shape index (κ1) is 28.8. The lowest BCUT2D eigenvalue weighted by molar-refractivity contribution is -0.137. The highest BCUT2D eigenvalue weighted by Crippen LogP contribution is 2.41. The van der Waals surface area contributed by atoms with Crippen LogP contribution < -0.4 is 15.5 Å². The summed E-state index contributed by atoms with van der Waals surface area (Å²) in [6, 6.07) is 10.7. The number of imide groups is 1. The second-order valence-corrected chi connectivity index (χ2v) is 11.6. The Balaban J connectivity index is 1.06.